The summed E-state index contributed by atoms with van der Waals surface area (Å²) < 4.78 is 10.8. The average molecular weight is 713 g/mol. The second-order valence-corrected chi connectivity index (χ2v) is 15.8. The standard InChI is InChI=1S/C39H40N2O11/c1-38(2,3)51-36(49)40-13-11-21(17-40)30(43)27-32(45)23-9-7-19(15-25(23)34(27)47)29(42)20-8-10-24-26(16-20)35(48)28(33(24)46)31(44)22-12-14-41(18-22)37(50)52-39(4,5)6/h7-10,15-16,21-22,27-28H,11-14,17-18H2,1-6H3/t21-,22-,27?,28?/m1/s1. The van der Waals surface area contributed by atoms with Gasteiger partial charge in [0.25, 0.3) is 0 Å². The minimum atomic E-state index is -1.59. The zero-order valence-electron chi connectivity index (χ0n) is 29.9. The highest BCUT2D eigenvalue weighted by atomic mass is 16.6. The molecule has 2 aromatic rings. The van der Waals surface area contributed by atoms with Crippen molar-refractivity contribution in [3.63, 3.8) is 0 Å². The summed E-state index contributed by atoms with van der Waals surface area (Å²) in [5.41, 5.74) is -1.57. The number of fused-ring (bicyclic) bond motifs is 2. The zero-order chi connectivity index (χ0) is 38.0. The molecule has 6 rings (SSSR count). The highest BCUT2D eigenvalue weighted by Gasteiger charge is 2.49. The number of carbonyl (C=O) groups is 9. The van der Waals surface area contributed by atoms with E-state index in [1.165, 1.54) is 46.2 Å². The van der Waals surface area contributed by atoms with Crippen molar-refractivity contribution in [3.05, 3.63) is 69.8 Å². The summed E-state index contributed by atoms with van der Waals surface area (Å²) in [5, 5.41) is 0. The maximum Gasteiger partial charge on any atom is 0.410 e. The van der Waals surface area contributed by atoms with Gasteiger partial charge in [-0.3, -0.25) is 33.6 Å². The van der Waals surface area contributed by atoms with Crippen LogP contribution in [0.1, 0.15) is 112 Å². The molecule has 0 saturated carbocycles. The smallest absolute Gasteiger partial charge is 0.410 e. The minimum absolute atomic E-state index is 0.00937. The molecule has 2 unspecified atom stereocenters. The third-order valence-corrected chi connectivity index (χ3v) is 9.73. The van der Waals surface area contributed by atoms with Crippen molar-refractivity contribution in [2.45, 2.75) is 65.6 Å². The summed E-state index contributed by atoms with van der Waals surface area (Å²) in [4.78, 5) is 122. The van der Waals surface area contributed by atoms with Gasteiger partial charge in [-0.15, -0.1) is 0 Å². The van der Waals surface area contributed by atoms with E-state index in [-0.39, 0.29) is 72.4 Å². The van der Waals surface area contributed by atoms with Gasteiger partial charge in [0.2, 0.25) is 0 Å². The number of likely N-dealkylation sites (tertiary alicyclic amines) is 2. The number of hydrogen-bond acceptors (Lipinski definition) is 11. The molecule has 2 amide bonds. The SMILES string of the molecule is CC(C)(C)OC(=O)N1CC[C@@H](C(=O)C2C(=O)c3ccc(C(=O)c4ccc5c(c4)C(=O)C(C(=O)[C@@H]4CCN(C(=O)OC(C)(C)C)C4)C5=O)cc3C2=O)C1. The number of Topliss-reactive ketones (excluding diaryl/α,β-unsaturated/α-hetero) is 6. The van der Waals surface area contributed by atoms with Crippen molar-refractivity contribution in [1.82, 2.24) is 9.80 Å². The highest BCUT2D eigenvalue weighted by Crippen LogP contribution is 2.35. The third-order valence-electron chi connectivity index (χ3n) is 9.73. The quantitative estimate of drug-likeness (QED) is 0.303. The van der Waals surface area contributed by atoms with Gasteiger partial charge >= 0.3 is 12.2 Å². The van der Waals surface area contributed by atoms with Gasteiger partial charge in [0.05, 0.1) is 0 Å². The monoisotopic (exact) mass is 712 g/mol. The van der Waals surface area contributed by atoms with Crippen LogP contribution in [0.3, 0.4) is 0 Å². The second-order valence-electron chi connectivity index (χ2n) is 15.8. The van der Waals surface area contributed by atoms with Crippen molar-refractivity contribution in [2.75, 3.05) is 26.2 Å². The van der Waals surface area contributed by atoms with Crippen LogP contribution in [0.2, 0.25) is 0 Å². The van der Waals surface area contributed by atoms with E-state index in [0.29, 0.717) is 0 Å². The first-order chi connectivity index (χ1) is 24.3. The summed E-state index contributed by atoms with van der Waals surface area (Å²) in [6.07, 6.45) is -0.629. The fourth-order valence-corrected chi connectivity index (χ4v) is 7.19. The molecule has 0 N–H and O–H groups in total. The number of rotatable bonds is 6. The number of amides is 2. The lowest BCUT2D eigenvalue weighted by Gasteiger charge is -2.24. The Labute approximate surface area is 300 Å². The van der Waals surface area contributed by atoms with Crippen LogP contribution in [0, 0.1) is 23.7 Å². The molecule has 0 radical (unpaired) electrons. The van der Waals surface area contributed by atoms with E-state index in [0.717, 1.165) is 0 Å². The van der Waals surface area contributed by atoms with E-state index < -0.39 is 87.5 Å². The maximum absolute atomic E-state index is 13.6. The molecule has 2 heterocycles. The fraction of sp³-hybridized carbons (Fsp3) is 0.462. The Kier molecular flexibility index (Phi) is 9.13. The normalized spacial score (nSPS) is 22.8. The Morgan fingerprint density at radius 3 is 1.25 bits per heavy atom. The maximum atomic E-state index is 13.6. The summed E-state index contributed by atoms with van der Waals surface area (Å²) in [5.74, 6) is -9.24. The zero-order valence-corrected chi connectivity index (χ0v) is 29.9. The van der Waals surface area contributed by atoms with Crippen LogP contribution < -0.4 is 0 Å². The van der Waals surface area contributed by atoms with Gasteiger partial charge in [0.1, 0.15) is 23.0 Å². The molecule has 0 bridgehead atoms. The number of ether oxygens (including phenoxy) is 2. The number of ketones is 7. The highest BCUT2D eigenvalue weighted by molar-refractivity contribution is 6.37. The predicted octanol–water partition coefficient (Wildman–Crippen LogP) is 4.56. The molecule has 2 saturated heterocycles. The van der Waals surface area contributed by atoms with Gasteiger partial charge in [-0.25, -0.2) is 9.59 Å². The van der Waals surface area contributed by atoms with Crippen LogP contribution in [0.15, 0.2) is 36.4 Å². The number of nitrogens with zero attached hydrogens (tertiary/aromatic N) is 2. The van der Waals surface area contributed by atoms with E-state index in [1.807, 2.05) is 0 Å². The number of carbonyl (C=O) groups excluding carboxylic acids is 9. The van der Waals surface area contributed by atoms with Gasteiger partial charge in [-0.2, -0.15) is 0 Å². The van der Waals surface area contributed by atoms with E-state index >= 15 is 0 Å². The van der Waals surface area contributed by atoms with Crippen molar-refractivity contribution < 1.29 is 52.6 Å². The molecule has 272 valence electrons. The largest absolute Gasteiger partial charge is 0.444 e. The van der Waals surface area contributed by atoms with Crippen LogP contribution in [0.4, 0.5) is 9.59 Å². The van der Waals surface area contributed by atoms with Crippen molar-refractivity contribution >= 4 is 52.7 Å². The number of benzene rings is 2. The van der Waals surface area contributed by atoms with Gasteiger partial charge in [0.15, 0.2) is 40.5 Å². The first-order valence-electron chi connectivity index (χ1n) is 17.3. The second kappa shape index (κ2) is 13.0. The lowest BCUT2D eigenvalue weighted by atomic mass is 9.88. The molecule has 2 aliphatic heterocycles. The van der Waals surface area contributed by atoms with Crippen molar-refractivity contribution in [2.24, 2.45) is 23.7 Å². The summed E-state index contributed by atoms with van der Waals surface area (Å²) >= 11 is 0. The Morgan fingerprint density at radius 2 is 0.904 bits per heavy atom. The molecule has 4 atom stereocenters. The summed E-state index contributed by atoms with van der Waals surface area (Å²) in [6.45, 7) is 10.8. The molecule has 4 aliphatic rings. The average Bonchev–Trinajstić information content (AvgIpc) is 3.85. The molecule has 2 aromatic carbocycles. The Hall–Kier alpha value is -5.33. The lowest BCUT2D eigenvalue weighted by molar-refractivity contribution is -0.124. The first kappa shape index (κ1) is 36.5. The summed E-state index contributed by atoms with van der Waals surface area (Å²) in [6, 6.07) is 7.82. The van der Waals surface area contributed by atoms with Crippen molar-refractivity contribution in [3.8, 4) is 0 Å². The molecular weight excluding hydrogens is 672 g/mol. The molecule has 2 fully saturated rings. The molecule has 13 heteroatoms. The molecular formula is C39H40N2O11. The van der Waals surface area contributed by atoms with Gasteiger partial charge in [0, 0.05) is 71.4 Å². The lowest BCUT2D eigenvalue weighted by Crippen LogP contribution is -2.37. The molecule has 2 aliphatic carbocycles. The van der Waals surface area contributed by atoms with Crippen LogP contribution in [0.5, 0.6) is 0 Å². The van der Waals surface area contributed by atoms with Crippen LogP contribution in [-0.2, 0) is 19.1 Å². The summed E-state index contributed by atoms with van der Waals surface area (Å²) in [7, 11) is 0. The van der Waals surface area contributed by atoms with E-state index in [4.69, 9.17) is 9.47 Å². The Morgan fingerprint density at radius 1 is 0.558 bits per heavy atom. The van der Waals surface area contributed by atoms with Gasteiger partial charge in [-0.1, -0.05) is 12.1 Å². The molecule has 0 spiro atoms. The van der Waals surface area contributed by atoms with Crippen LogP contribution >= 0.6 is 0 Å². The van der Waals surface area contributed by atoms with Crippen molar-refractivity contribution in [1.29, 1.82) is 0 Å². The number of hydrogen-bond donors (Lipinski definition) is 0. The van der Waals surface area contributed by atoms with Gasteiger partial charge in [-0.05, 0) is 78.6 Å². The van der Waals surface area contributed by atoms with E-state index in [2.05, 4.69) is 0 Å². The predicted molar refractivity (Wildman–Crippen MR) is 182 cm³/mol. The molecule has 52 heavy (non-hydrogen) atoms. The minimum Gasteiger partial charge on any atom is -0.444 e. The van der Waals surface area contributed by atoms with E-state index in [9.17, 15) is 43.2 Å². The van der Waals surface area contributed by atoms with Crippen LogP contribution in [-0.4, -0.2) is 99.9 Å². The Bertz CT molecular complexity index is 1840. The molecule has 0 aromatic heterocycles. The molecule has 13 nitrogen and oxygen atoms in total. The Balaban J connectivity index is 1.14. The van der Waals surface area contributed by atoms with Gasteiger partial charge < -0.3 is 19.3 Å². The third kappa shape index (κ3) is 6.71. The van der Waals surface area contributed by atoms with E-state index in [1.54, 1.807) is 41.5 Å². The van der Waals surface area contributed by atoms with Crippen LogP contribution in [0.25, 0.3) is 0 Å². The first-order valence-corrected chi connectivity index (χ1v) is 17.3. The fourth-order valence-electron chi connectivity index (χ4n) is 7.19. The topological polar surface area (TPSA) is 179 Å².